The lowest BCUT2D eigenvalue weighted by molar-refractivity contribution is 0.578. The lowest BCUT2D eigenvalue weighted by atomic mass is 10.2. The zero-order valence-electron chi connectivity index (χ0n) is 10.9. The number of aromatic nitrogens is 2. The van der Waals surface area contributed by atoms with Gasteiger partial charge in [-0.1, -0.05) is 23.2 Å². The molecule has 104 valence electrons. The summed E-state index contributed by atoms with van der Waals surface area (Å²) in [6, 6.07) is 7.01. The lowest BCUT2D eigenvalue weighted by Crippen LogP contribution is -1.82. The largest absolute Gasteiger partial charge is 0.458 e. The van der Waals surface area contributed by atoms with Crippen molar-refractivity contribution in [2.45, 2.75) is 6.92 Å². The van der Waals surface area contributed by atoms with E-state index < -0.39 is 0 Å². The van der Waals surface area contributed by atoms with Crippen molar-refractivity contribution in [1.29, 1.82) is 0 Å². The molecule has 4 aromatic rings. The number of aryl methyl sites for hydroxylation is 1. The van der Waals surface area contributed by atoms with Crippen LogP contribution in [0.1, 0.15) is 5.76 Å². The summed E-state index contributed by atoms with van der Waals surface area (Å²) in [4.78, 5) is 8.73. The highest BCUT2D eigenvalue weighted by molar-refractivity contribution is 6.35. The van der Waals surface area contributed by atoms with Crippen molar-refractivity contribution in [3.63, 3.8) is 0 Å². The molecule has 0 saturated heterocycles. The van der Waals surface area contributed by atoms with Crippen molar-refractivity contribution in [3.05, 3.63) is 46.3 Å². The zero-order valence-corrected chi connectivity index (χ0v) is 12.4. The molecule has 0 aromatic carbocycles. The van der Waals surface area contributed by atoms with Crippen LogP contribution in [0, 0.1) is 6.92 Å². The van der Waals surface area contributed by atoms with Crippen LogP contribution in [-0.4, -0.2) is 9.97 Å². The van der Waals surface area contributed by atoms with Gasteiger partial charge in [-0.2, -0.15) is 0 Å². The molecule has 21 heavy (non-hydrogen) atoms. The molecule has 0 amide bonds. The quantitative estimate of drug-likeness (QED) is 0.481. The van der Waals surface area contributed by atoms with E-state index >= 15 is 0 Å². The maximum Gasteiger partial charge on any atom is 0.171 e. The Hall–Kier alpha value is -2.04. The van der Waals surface area contributed by atoms with Gasteiger partial charge in [0.15, 0.2) is 16.9 Å². The minimum Gasteiger partial charge on any atom is -0.458 e. The molecule has 4 rings (SSSR count). The number of hydrogen-bond acceptors (Lipinski definition) is 4. The minimum atomic E-state index is 0.489. The van der Waals surface area contributed by atoms with Gasteiger partial charge in [0.2, 0.25) is 0 Å². The highest BCUT2D eigenvalue weighted by Crippen LogP contribution is 2.33. The van der Waals surface area contributed by atoms with Gasteiger partial charge in [0.05, 0.1) is 10.0 Å². The fourth-order valence-corrected chi connectivity index (χ4v) is 2.69. The third-order valence-electron chi connectivity index (χ3n) is 3.17. The van der Waals surface area contributed by atoms with Gasteiger partial charge in [0, 0.05) is 18.3 Å². The fourth-order valence-electron chi connectivity index (χ4n) is 2.26. The second kappa shape index (κ2) is 4.48. The Morgan fingerprint density at radius 3 is 2.57 bits per heavy atom. The molecule has 0 radical (unpaired) electrons. The Balaban J connectivity index is 1.97. The van der Waals surface area contributed by atoms with Crippen molar-refractivity contribution in [1.82, 2.24) is 9.97 Å². The van der Waals surface area contributed by atoms with Crippen LogP contribution < -0.4 is 0 Å². The Morgan fingerprint density at radius 1 is 0.952 bits per heavy atom. The highest BCUT2D eigenvalue weighted by atomic mass is 35.5. The number of halogens is 2. The van der Waals surface area contributed by atoms with E-state index in [1.54, 1.807) is 24.4 Å². The Labute approximate surface area is 129 Å². The molecule has 0 unspecified atom stereocenters. The monoisotopic (exact) mass is 318 g/mol. The molecule has 0 aliphatic carbocycles. The topological polar surface area (TPSA) is 52.1 Å². The number of fused-ring (bicyclic) bond motifs is 2. The first-order valence-electron chi connectivity index (χ1n) is 6.23. The summed E-state index contributed by atoms with van der Waals surface area (Å²) in [5.41, 5.74) is 3.09. The zero-order chi connectivity index (χ0) is 14.6. The van der Waals surface area contributed by atoms with E-state index in [1.165, 1.54) is 0 Å². The molecule has 0 aliphatic heterocycles. The predicted octanol–water partition coefficient (Wildman–Crippen LogP) is 5.25. The molecule has 4 heterocycles. The van der Waals surface area contributed by atoms with Crippen LogP contribution in [0.25, 0.3) is 33.7 Å². The lowest BCUT2D eigenvalue weighted by Gasteiger charge is -1.98. The second-order valence-corrected chi connectivity index (χ2v) is 5.49. The van der Waals surface area contributed by atoms with Crippen molar-refractivity contribution in [2.24, 2.45) is 0 Å². The highest BCUT2D eigenvalue weighted by Gasteiger charge is 2.15. The number of rotatable bonds is 1. The number of furan rings is 2. The van der Waals surface area contributed by atoms with Crippen molar-refractivity contribution < 1.29 is 8.83 Å². The molecule has 0 aliphatic rings. The summed E-state index contributed by atoms with van der Waals surface area (Å²) in [5.74, 6) is 1.32. The van der Waals surface area contributed by atoms with E-state index in [0.717, 1.165) is 5.76 Å². The Bertz CT molecular complexity index is 988. The van der Waals surface area contributed by atoms with Crippen LogP contribution in [0.5, 0.6) is 0 Å². The number of pyridine rings is 2. The van der Waals surface area contributed by atoms with Gasteiger partial charge >= 0.3 is 0 Å². The first-order chi connectivity index (χ1) is 10.1. The van der Waals surface area contributed by atoms with Crippen LogP contribution >= 0.6 is 23.2 Å². The van der Waals surface area contributed by atoms with Crippen molar-refractivity contribution in [2.75, 3.05) is 0 Å². The third kappa shape index (κ3) is 1.99. The van der Waals surface area contributed by atoms with Gasteiger partial charge in [-0.05, 0) is 19.1 Å². The molecule has 0 saturated carbocycles. The smallest absolute Gasteiger partial charge is 0.171 e. The summed E-state index contributed by atoms with van der Waals surface area (Å²) in [6.07, 6.45) is 1.63. The van der Waals surface area contributed by atoms with Gasteiger partial charge < -0.3 is 8.83 Å². The molecule has 0 atom stereocenters. The van der Waals surface area contributed by atoms with Crippen molar-refractivity contribution in [3.8, 4) is 11.5 Å². The van der Waals surface area contributed by atoms with E-state index in [4.69, 9.17) is 32.0 Å². The van der Waals surface area contributed by atoms with E-state index in [2.05, 4.69) is 9.97 Å². The minimum absolute atomic E-state index is 0.489. The van der Waals surface area contributed by atoms with Crippen LogP contribution in [0.15, 0.2) is 39.3 Å². The van der Waals surface area contributed by atoms with Crippen LogP contribution in [-0.2, 0) is 0 Å². The van der Waals surface area contributed by atoms with E-state index in [9.17, 15) is 0 Å². The van der Waals surface area contributed by atoms with Gasteiger partial charge in [-0.3, -0.25) is 4.98 Å². The van der Waals surface area contributed by atoms with Crippen LogP contribution in [0.4, 0.5) is 0 Å². The number of hydrogen-bond donors (Lipinski definition) is 0. The summed E-state index contributed by atoms with van der Waals surface area (Å²) in [7, 11) is 0. The van der Waals surface area contributed by atoms with Gasteiger partial charge in [-0.25, -0.2) is 4.98 Å². The predicted molar refractivity (Wildman–Crippen MR) is 81.8 cm³/mol. The maximum atomic E-state index is 6.24. The average molecular weight is 319 g/mol. The van der Waals surface area contributed by atoms with E-state index in [-0.39, 0.29) is 0 Å². The maximum absolute atomic E-state index is 6.24. The first-order valence-corrected chi connectivity index (χ1v) is 6.98. The summed E-state index contributed by atoms with van der Waals surface area (Å²) in [5, 5.41) is 1.00. The SMILES string of the molecule is Cc1cc2nc(-c3cc4nccc(Cl)c4o3)cc(Cl)c2o1. The second-order valence-electron chi connectivity index (χ2n) is 4.68. The molecular weight excluding hydrogens is 311 g/mol. The third-order valence-corrected chi connectivity index (χ3v) is 3.75. The first kappa shape index (κ1) is 12.7. The van der Waals surface area contributed by atoms with Gasteiger partial charge in [0.1, 0.15) is 22.5 Å². The average Bonchev–Trinajstić information content (AvgIpc) is 3.02. The van der Waals surface area contributed by atoms with E-state index in [1.807, 2.05) is 13.0 Å². The molecule has 0 N–H and O–H groups in total. The molecule has 4 nitrogen and oxygen atoms in total. The Kier molecular flexibility index (Phi) is 2.71. The standard InChI is InChI=1S/C15H8Cl2N2O2/c1-7-4-12-15(20-7)9(17)5-10(19-12)13-6-11-14(21-13)8(16)2-3-18-11/h2-6H,1H3. The molecule has 0 spiro atoms. The molecule has 0 fully saturated rings. The van der Waals surface area contributed by atoms with Crippen molar-refractivity contribution >= 4 is 45.4 Å². The fraction of sp³-hybridized carbons (Fsp3) is 0.0667. The molecule has 4 aromatic heterocycles. The van der Waals surface area contributed by atoms with Gasteiger partial charge in [-0.15, -0.1) is 0 Å². The Morgan fingerprint density at radius 2 is 1.76 bits per heavy atom. The summed E-state index contributed by atoms with van der Waals surface area (Å²) in [6.45, 7) is 1.85. The van der Waals surface area contributed by atoms with Crippen LogP contribution in [0.2, 0.25) is 10.0 Å². The molecular formula is C15H8Cl2N2O2. The summed E-state index contributed by atoms with van der Waals surface area (Å²) < 4.78 is 11.3. The number of nitrogens with zero attached hydrogens (tertiary/aromatic N) is 2. The molecule has 6 heteroatoms. The summed E-state index contributed by atoms with van der Waals surface area (Å²) >= 11 is 12.3. The molecule has 0 bridgehead atoms. The van der Waals surface area contributed by atoms with E-state index in [0.29, 0.717) is 43.7 Å². The normalized spacial score (nSPS) is 11.6. The van der Waals surface area contributed by atoms with Crippen LogP contribution in [0.3, 0.4) is 0 Å². The van der Waals surface area contributed by atoms with Gasteiger partial charge in [0.25, 0.3) is 0 Å².